The van der Waals surface area contributed by atoms with Gasteiger partial charge in [0.05, 0.1) is 0 Å². The molecule has 0 rings (SSSR count). The zero-order valence-corrected chi connectivity index (χ0v) is 10.9. The summed E-state index contributed by atoms with van der Waals surface area (Å²) >= 11 is 0. The van der Waals surface area contributed by atoms with E-state index in [1.165, 1.54) is 0 Å². The van der Waals surface area contributed by atoms with Crippen LogP contribution in [-0.2, 0) is 0 Å². The normalized spacial score (nSPS) is 15.4. The summed E-state index contributed by atoms with van der Waals surface area (Å²) in [5.41, 5.74) is 0. The molecule has 0 saturated carbocycles. The minimum atomic E-state index is 0. The van der Waals surface area contributed by atoms with Crippen LogP contribution >= 0.6 is 0 Å². The Balaban J connectivity index is 0. The van der Waals surface area contributed by atoms with Crippen molar-refractivity contribution >= 4 is 0 Å². The van der Waals surface area contributed by atoms with Gasteiger partial charge in [0.25, 0.3) is 0 Å². The van der Waals surface area contributed by atoms with Gasteiger partial charge >= 0.3 is 18.9 Å². The Hall–Kier alpha value is 0.477. The van der Waals surface area contributed by atoms with Crippen LogP contribution in [0.1, 0.15) is 13.8 Å². The third kappa shape index (κ3) is 7.84. The van der Waals surface area contributed by atoms with Crippen LogP contribution in [-0.4, -0.2) is 63.2 Å². The monoisotopic (exact) mass is 193 g/mol. The molecule has 0 aliphatic heterocycles. The molecule has 0 heterocycles. The molecule has 0 amide bonds. The molecule has 3 nitrogen and oxygen atoms in total. The predicted molar refractivity (Wildman–Crippen MR) is 59.4 cm³/mol. The summed E-state index contributed by atoms with van der Waals surface area (Å²) in [6, 6.07) is 1.10. The van der Waals surface area contributed by atoms with E-state index >= 15 is 0 Å². The first-order valence-corrected chi connectivity index (χ1v) is 4.91. The van der Waals surface area contributed by atoms with E-state index in [2.05, 4.69) is 57.2 Å². The number of hydrogen-bond acceptors (Lipinski definition) is 2. The summed E-state index contributed by atoms with van der Waals surface area (Å²) in [6.45, 7) is 6.27. The smallest absolute Gasteiger partial charge is 0.660 e. The minimum Gasteiger partial charge on any atom is -0.660 e. The van der Waals surface area contributed by atoms with E-state index in [0.717, 1.165) is 13.1 Å². The number of nitrogens with zero attached hydrogens (tertiary/aromatic N) is 3. The molecule has 0 fully saturated rings. The van der Waals surface area contributed by atoms with E-state index in [4.69, 9.17) is 0 Å². The van der Waals surface area contributed by atoms with Crippen molar-refractivity contribution in [1.82, 2.24) is 9.80 Å². The van der Waals surface area contributed by atoms with Gasteiger partial charge in [0.15, 0.2) is 0 Å². The molecular formula is C10H24LiN3. The Labute approximate surface area is 101 Å². The van der Waals surface area contributed by atoms with Gasteiger partial charge in [0.2, 0.25) is 0 Å². The average molecular weight is 193 g/mol. The minimum absolute atomic E-state index is 0. The van der Waals surface area contributed by atoms with Crippen LogP contribution in [0.3, 0.4) is 0 Å². The van der Waals surface area contributed by atoms with Gasteiger partial charge in [-0.05, 0) is 40.3 Å². The standard InChI is InChI=1S/C10H24N3.Li/c1-9(12(3)4)7-11-8-10(2)13(5)6;/h9-10H,7-8H2,1-6H3;/q-1;+1. The topological polar surface area (TPSA) is 20.6 Å². The molecule has 0 spiro atoms. The van der Waals surface area contributed by atoms with Gasteiger partial charge in [0.1, 0.15) is 0 Å². The van der Waals surface area contributed by atoms with Gasteiger partial charge in [-0.3, -0.25) is 0 Å². The van der Waals surface area contributed by atoms with Crippen molar-refractivity contribution in [1.29, 1.82) is 0 Å². The van der Waals surface area contributed by atoms with Gasteiger partial charge in [-0.15, -0.1) is 13.1 Å². The molecule has 2 unspecified atom stereocenters. The fourth-order valence-corrected chi connectivity index (χ4v) is 0.775. The first kappa shape index (κ1) is 16.9. The van der Waals surface area contributed by atoms with Crippen molar-refractivity contribution in [2.75, 3.05) is 41.3 Å². The first-order chi connectivity index (χ1) is 5.95. The molecule has 0 N–H and O–H groups in total. The zero-order chi connectivity index (χ0) is 10.4. The van der Waals surface area contributed by atoms with Crippen LogP contribution in [0.15, 0.2) is 0 Å². The Morgan fingerprint density at radius 2 is 1.14 bits per heavy atom. The van der Waals surface area contributed by atoms with Crippen molar-refractivity contribution in [3.8, 4) is 0 Å². The predicted octanol–water partition coefficient (Wildman–Crippen LogP) is -1.74. The van der Waals surface area contributed by atoms with Crippen LogP contribution in [0.4, 0.5) is 0 Å². The van der Waals surface area contributed by atoms with E-state index in [9.17, 15) is 0 Å². The molecule has 4 heteroatoms. The first-order valence-electron chi connectivity index (χ1n) is 4.91. The summed E-state index contributed by atoms with van der Waals surface area (Å²) in [5, 5.41) is 4.53. The van der Waals surface area contributed by atoms with Gasteiger partial charge in [-0.2, -0.15) is 0 Å². The maximum atomic E-state index is 4.53. The quantitative estimate of drug-likeness (QED) is 0.467. The van der Waals surface area contributed by atoms with Crippen LogP contribution < -0.4 is 18.9 Å². The molecule has 80 valence electrons. The fraction of sp³-hybridized carbons (Fsp3) is 1.00. The summed E-state index contributed by atoms with van der Waals surface area (Å²) in [4.78, 5) is 4.40. The second kappa shape index (κ2) is 8.76. The van der Waals surface area contributed by atoms with E-state index in [-0.39, 0.29) is 18.9 Å². The Morgan fingerprint density at radius 1 is 0.857 bits per heavy atom. The second-order valence-corrected chi connectivity index (χ2v) is 4.21. The number of likely N-dealkylation sites (N-methyl/N-ethyl adjacent to an activating group) is 2. The fourth-order valence-electron chi connectivity index (χ4n) is 0.775. The third-order valence-electron chi connectivity index (χ3n) is 2.55. The molecule has 14 heavy (non-hydrogen) atoms. The van der Waals surface area contributed by atoms with Crippen molar-refractivity contribution in [3.05, 3.63) is 5.32 Å². The van der Waals surface area contributed by atoms with Gasteiger partial charge < -0.3 is 15.1 Å². The summed E-state index contributed by atoms with van der Waals surface area (Å²) in [7, 11) is 8.37. The van der Waals surface area contributed by atoms with Crippen LogP contribution in [0.25, 0.3) is 5.32 Å². The van der Waals surface area contributed by atoms with E-state index in [0.29, 0.717) is 12.1 Å². The Bertz CT molecular complexity index is 115. The molecule has 0 aliphatic rings. The summed E-state index contributed by atoms with van der Waals surface area (Å²) in [6.07, 6.45) is 0. The van der Waals surface area contributed by atoms with Gasteiger partial charge in [-0.25, -0.2) is 0 Å². The van der Waals surface area contributed by atoms with E-state index in [1.807, 2.05) is 0 Å². The molecule has 0 saturated heterocycles. The zero-order valence-electron chi connectivity index (χ0n) is 10.9. The van der Waals surface area contributed by atoms with Crippen molar-refractivity contribution in [2.45, 2.75) is 25.9 Å². The number of rotatable bonds is 6. The van der Waals surface area contributed by atoms with Gasteiger partial charge in [0, 0.05) is 0 Å². The second-order valence-electron chi connectivity index (χ2n) is 4.21. The molecule has 0 radical (unpaired) electrons. The maximum Gasteiger partial charge on any atom is 1.00 e. The van der Waals surface area contributed by atoms with Crippen molar-refractivity contribution < 1.29 is 18.9 Å². The van der Waals surface area contributed by atoms with E-state index in [1.54, 1.807) is 0 Å². The maximum absolute atomic E-state index is 4.53. The van der Waals surface area contributed by atoms with E-state index < -0.39 is 0 Å². The molecular weight excluding hydrogens is 169 g/mol. The van der Waals surface area contributed by atoms with Crippen LogP contribution in [0.5, 0.6) is 0 Å². The van der Waals surface area contributed by atoms with Crippen LogP contribution in [0, 0.1) is 0 Å². The largest absolute Gasteiger partial charge is 1.00 e. The molecule has 0 aromatic carbocycles. The number of hydrogen-bond donors (Lipinski definition) is 0. The van der Waals surface area contributed by atoms with Crippen molar-refractivity contribution in [3.63, 3.8) is 0 Å². The molecule has 2 atom stereocenters. The Kier molecular flexibility index (Phi) is 10.6. The van der Waals surface area contributed by atoms with Crippen LogP contribution in [0.2, 0.25) is 0 Å². The van der Waals surface area contributed by atoms with Crippen molar-refractivity contribution in [2.24, 2.45) is 0 Å². The van der Waals surface area contributed by atoms with Gasteiger partial charge in [-0.1, -0.05) is 13.8 Å². The molecule has 0 aliphatic carbocycles. The summed E-state index contributed by atoms with van der Waals surface area (Å²) in [5.74, 6) is 0. The molecule has 0 bridgehead atoms. The average Bonchev–Trinajstić information content (AvgIpc) is 2.03. The third-order valence-corrected chi connectivity index (χ3v) is 2.55. The molecule has 0 aromatic heterocycles. The molecule has 0 aromatic rings. The SMILES string of the molecule is CC(C[N-]CC(C)N(C)C)N(C)C.[Li+]. The Morgan fingerprint density at radius 3 is 1.36 bits per heavy atom. The summed E-state index contributed by atoms with van der Waals surface area (Å²) < 4.78 is 0.